The summed E-state index contributed by atoms with van der Waals surface area (Å²) in [6, 6.07) is 3.95. The Morgan fingerprint density at radius 3 is 2.55 bits per heavy atom. The number of hydrogen-bond acceptors (Lipinski definition) is 1. The molecule has 1 heterocycles. The monoisotopic (exact) mass is 260 g/mol. The van der Waals surface area contributed by atoms with Crippen LogP contribution in [0, 0.1) is 18.3 Å². The van der Waals surface area contributed by atoms with E-state index in [1.54, 1.807) is 6.20 Å². The van der Waals surface area contributed by atoms with E-state index in [4.69, 9.17) is 5.26 Å². The van der Waals surface area contributed by atoms with Gasteiger partial charge in [0.2, 0.25) is 0 Å². The molecule has 1 rings (SSSR count). The number of aryl methyl sites for hydroxylation is 2. The Bertz CT molecular complexity index is 268. The fraction of sp³-hybridized carbons (Fsp3) is 0.250. The quantitative estimate of drug-likeness (QED) is 0.380. The zero-order chi connectivity index (χ0) is 7.56. The SMILES string of the molecule is Cc1cc(C#N)c[n+](C)c1.[I-]. The van der Waals surface area contributed by atoms with E-state index in [9.17, 15) is 0 Å². The maximum Gasteiger partial charge on any atom is 0.186 e. The molecular formula is C8H9IN2. The Balaban J connectivity index is 0.000001000. The summed E-state index contributed by atoms with van der Waals surface area (Å²) >= 11 is 0. The molecule has 0 bridgehead atoms. The molecule has 1 aromatic heterocycles. The molecule has 0 saturated carbocycles. The largest absolute Gasteiger partial charge is 1.00 e. The van der Waals surface area contributed by atoms with Crippen LogP contribution in [0.4, 0.5) is 0 Å². The number of hydrogen-bond donors (Lipinski definition) is 0. The van der Waals surface area contributed by atoms with Crippen molar-refractivity contribution >= 4 is 0 Å². The molecule has 2 nitrogen and oxygen atoms in total. The van der Waals surface area contributed by atoms with Crippen LogP contribution in [-0.4, -0.2) is 0 Å². The molecule has 0 aliphatic heterocycles. The van der Waals surface area contributed by atoms with Gasteiger partial charge in [0, 0.05) is 5.56 Å². The van der Waals surface area contributed by atoms with Crippen molar-refractivity contribution in [1.29, 1.82) is 5.26 Å². The second-order valence-corrected chi connectivity index (χ2v) is 2.38. The minimum atomic E-state index is 0. The first kappa shape index (κ1) is 10.4. The Labute approximate surface area is 83.5 Å². The standard InChI is InChI=1S/C8H9N2.HI/c1-7-3-8(4-9)6-10(2)5-7;/h3,5-6H,1-2H3;1H/q+1;/p-1. The molecule has 1 aromatic rings. The lowest BCUT2D eigenvalue weighted by atomic mass is 10.2. The first-order valence-electron chi connectivity index (χ1n) is 3.09. The van der Waals surface area contributed by atoms with Crippen molar-refractivity contribution in [2.45, 2.75) is 6.92 Å². The highest BCUT2D eigenvalue weighted by atomic mass is 127. The van der Waals surface area contributed by atoms with Crippen molar-refractivity contribution in [2.24, 2.45) is 7.05 Å². The van der Waals surface area contributed by atoms with Gasteiger partial charge in [-0.15, -0.1) is 0 Å². The smallest absolute Gasteiger partial charge is 0.186 e. The number of halogens is 1. The van der Waals surface area contributed by atoms with E-state index in [-0.39, 0.29) is 24.0 Å². The number of pyridine rings is 1. The fourth-order valence-electron chi connectivity index (χ4n) is 0.959. The molecule has 0 atom stereocenters. The molecule has 0 aliphatic rings. The molecule has 58 valence electrons. The molecule has 0 unspecified atom stereocenters. The topological polar surface area (TPSA) is 27.7 Å². The van der Waals surface area contributed by atoms with Gasteiger partial charge in [-0.25, -0.2) is 4.57 Å². The highest BCUT2D eigenvalue weighted by molar-refractivity contribution is 5.25. The molecule has 0 fully saturated rings. The summed E-state index contributed by atoms with van der Waals surface area (Å²) in [5, 5.41) is 8.52. The van der Waals surface area contributed by atoms with E-state index in [2.05, 4.69) is 6.07 Å². The summed E-state index contributed by atoms with van der Waals surface area (Å²) in [7, 11) is 1.91. The summed E-state index contributed by atoms with van der Waals surface area (Å²) in [5.41, 5.74) is 1.82. The second-order valence-electron chi connectivity index (χ2n) is 2.38. The van der Waals surface area contributed by atoms with Crippen molar-refractivity contribution in [1.82, 2.24) is 0 Å². The van der Waals surface area contributed by atoms with Gasteiger partial charge in [0.05, 0.1) is 0 Å². The molecule has 0 amide bonds. The average molecular weight is 260 g/mol. The Hall–Kier alpha value is -0.630. The summed E-state index contributed by atoms with van der Waals surface area (Å²) in [6.07, 6.45) is 3.77. The van der Waals surface area contributed by atoms with Crippen LogP contribution in [-0.2, 0) is 7.05 Å². The van der Waals surface area contributed by atoms with Gasteiger partial charge < -0.3 is 24.0 Å². The van der Waals surface area contributed by atoms with Gasteiger partial charge in [-0.3, -0.25) is 0 Å². The van der Waals surface area contributed by atoms with Crippen LogP contribution in [0.25, 0.3) is 0 Å². The normalized spacial score (nSPS) is 8.09. The fourth-order valence-corrected chi connectivity index (χ4v) is 0.959. The Morgan fingerprint density at radius 1 is 1.45 bits per heavy atom. The molecule has 0 aliphatic carbocycles. The van der Waals surface area contributed by atoms with Crippen molar-refractivity contribution in [3.8, 4) is 6.07 Å². The summed E-state index contributed by atoms with van der Waals surface area (Å²) < 4.78 is 1.88. The first-order valence-corrected chi connectivity index (χ1v) is 3.09. The zero-order valence-electron chi connectivity index (χ0n) is 6.50. The predicted molar refractivity (Wildman–Crippen MR) is 37.1 cm³/mol. The number of nitrogens with zero attached hydrogens (tertiary/aromatic N) is 2. The van der Waals surface area contributed by atoms with Crippen LogP contribution >= 0.6 is 0 Å². The lowest BCUT2D eigenvalue weighted by Crippen LogP contribution is -3.00. The molecule has 3 heteroatoms. The van der Waals surface area contributed by atoms with Gasteiger partial charge in [0.25, 0.3) is 0 Å². The van der Waals surface area contributed by atoms with Gasteiger partial charge in [-0.05, 0) is 13.0 Å². The Kier molecular flexibility index (Phi) is 4.04. The van der Waals surface area contributed by atoms with Crippen LogP contribution < -0.4 is 28.5 Å². The number of aromatic nitrogens is 1. The van der Waals surface area contributed by atoms with E-state index in [1.807, 2.05) is 30.8 Å². The van der Waals surface area contributed by atoms with Crippen LogP contribution in [0.3, 0.4) is 0 Å². The predicted octanol–water partition coefficient (Wildman–Crippen LogP) is -2.30. The third-order valence-electron chi connectivity index (χ3n) is 1.26. The van der Waals surface area contributed by atoms with Gasteiger partial charge in [-0.2, -0.15) is 5.26 Å². The molecule has 11 heavy (non-hydrogen) atoms. The molecule has 0 aromatic carbocycles. The van der Waals surface area contributed by atoms with Crippen LogP contribution in [0.2, 0.25) is 0 Å². The zero-order valence-corrected chi connectivity index (χ0v) is 8.66. The molecule has 0 spiro atoms. The number of nitriles is 1. The molecule has 0 N–H and O–H groups in total. The van der Waals surface area contributed by atoms with E-state index in [0.29, 0.717) is 5.56 Å². The van der Waals surface area contributed by atoms with Crippen molar-refractivity contribution in [3.63, 3.8) is 0 Å². The minimum Gasteiger partial charge on any atom is -1.00 e. The van der Waals surface area contributed by atoms with Crippen molar-refractivity contribution in [2.75, 3.05) is 0 Å². The van der Waals surface area contributed by atoms with Crippen LogP contribution in [0.5, 0.6) is 0 Å². The second kappa shape index (κ2) is 4.29. The lowest BCUT2D eigenvalue weighted by molar-refractivity contribution is -0.672. The molecule has 0 saturated heterocycles. The molecular weight excluding hydrogens is 251 g/mol. The van der Waals surface area contributed by atoms with Gasteiger partial charge >= 0.3 is 0 Å². The third-order valence-corrected chi connectivity index (χ3v) is 1.26. The van der Waals surface area contributed by atoms with Crippen molar-refractivity contribution < 1.29 is 28.5 Å². The highest BCUT2D eigenvalue weighted by Gasteiger charge is 1.97. The van der Waals surface area contributed by atoms with Gasteiger partial charge in [-0.1, -0.05) is 0 Å². The first-order chi connectivity index (χ1) is 4.72. The van der Waals surface area contributed by atoms with E-state index >= 15 is 0 Å². The Morgan fingerprint density at radius 2 is 2.09 bits per heavy atom. The van der Waals surface area contributed by atoms with Crippen LogP contribution in [0.1, 0.15) is 11.1 Å². The maximum absolute atomic E-state index is 8.52. The maximum atomic E-state index is 8.52. The van der Waals surface area contributed by atoms with Crippen LogP contribution in [0.15, 0.2) is 18.5 Å². The van der Waals surface area contributed by atoms with E-state index in [1.165, 1.54) is 0 Å². The van der Waals surface area contributed by atoms with Gasteiger partial charge in [0.15, 0.2) is 12.4 Å². The average Bonchev–Trinajstić information content (AvgIpc) is 1.85. The summed E-state index contributed by atoms with van der Waals surface area (Å²) in [6.45, 7) is 1.97. The summed E-state index contributed by atoms with van der Waals surface area (Å²) in [4.78, 5) is 0. The minimum absolute atomic E-state index is 0. The van der Waals surface area contributed by atoms with E-state index in [0.717, 1.165) is 5.56 Å². The van der Waals surface area contributed by atoms with E-state index < -0.39 is 0 Å². The highest BCUT2D eigenvalue weighted by Crippen LogP contribution is 1.96. The third kappa shape index (κ3) is 2.85. The van der Waals surface area contributed by atoms with Crippen molar-refractivity contribution in [3.05, 3.63) is 29.6 Å². The lowest BCUT2D eigenvalue weighted by Gasteiger charge is -1.89. The number of rotatable bonds is 0. The van der Waals surface area contributed by atoms with Gasteiger partial charge in [0.1, 0.15) is 18.7 Å². The summed E-state index contributed by atoms with van der Waals surface area (Å²) in [5.74, 6) is 0. The molecule has 0 radical (unpaired) electrons.